The van der Waals surface area contributed by atoms with Gasteiger partial charge in [-0.25, -0.2) is 0 Å². The van der Waals surface area contributed by atoms with Gasteiger partial charge in [0.1, 0.15) is 5.75 Å². The molecule has 0 unspecified atom stereocenters. The fraction of sp³-hybridized carbons (Fsp3) is 0.647. The molecule has 1 aliphatic rings. The van der Waals surface area contributed by atoms with Crippen molar-refractivity contribution in [1.29, 1.82) is 0 Å². The first-order valence-electron chi connectivity index (χ1n) is 7.92. The zero-order valence-electron chi connectivity index (χ0n) is 12.4. The molecule has 0 spiro atoms. The summed E-state index contributed by atoms with van der Waals surface area (Å²) in [6, 6.07) is 6.51. The summed E-state index contributed by atoms with van der Waals surface area (Å²) in [6.45, 7) is 3.16. The van der Waals surface area contributed by atoms with Gasteiger partial charge in [0.2, 0.25) is 0 Å². The molecule has 1 aliphatic carbocycles. The Bertz CT molecular complexity index is 393. The largest absolute Gasteiger partial charge is 0.493 e. The van der Waals surface area contributed by atoms with Gasteiger partial charge in [-0.1, -0.05) is 6.07 Å². The van der Waals surface area contributed by atoms with Crippen molar-refractivity contribution in [3.05, 3.63) is 29.3 Å². The number of rotatable bonds is 10. The molecular formula is C17H27NO2. The lowest BCUT2D eigenvalue weighted by Gasteiger charge is -2.08. The van der Waals surface area contributed by atoms with E-state index in [1.807, 2.05) is 0 Å². The van der Waals surface area contributed by atoms with Crippen LogP contribution in [0.5, 0.6) is 5.75 Å². The van der Waals surface area contributed by atoms with Crippen LogP contribution in [0.3, 0.4) is 0 Å². The molecule has 3 heteroatoms. The predicted octanol–water partition coefficient (Wildman–Crippen LogP) is 3.09. The van der Waals surface area contributed by atoms with Gasteiger partial charge in [0.05, 0.1) is 6.61 Å². The Kier molecular flexibility index (Phi) is 6.89. The molecule has 1 aromatic carbocycles. The van der Waals surface area contributed by atoms with Crippen molar-refractivity contribution < 1.29 is 9.47 Å². The van der Waals surface area contributed by atoms with Crippen LogP contribution >= 0.6 is 0 Å². The second-order valence-corrected chi connectivity index (χ2v) is 5.45. The van der Waals surface area contributed by atoms with Gasteiger partial charge < -0.3 is 15.2 Å². The van der Waals surface area contributed by atoms with E-state index in [4.69, 9.17) is 15.2 Å². The molecule has 0 atom stereocenters. The summed E-state index contributed by atoms with van der Waals surface area (Å²) in [7, 11) is 0. The van der Waals surface area contributed by atoms with Crippen molar-refractivity contribution in [2.24, 2.45) is 5.73 Å². The van der Waals surface area contributed by atoms with Crippen LogP contribution < -0.4 is 10.5 Å². The highest BCUT2D eigenvalue weighted by Gasteiger charge is 2.10. The van der Waals surface area contributed by atoms with Crippen LogP contribution in [0.2, 0.25) is 0 Å². The van der Waals surface area contributed by atoms with E-state index in [0.717, 1.165) is 51.4 Å². The van der Waals surface area contributed by atoms with Gasteiger partial charge in [-0.2, -0.15) is 0 Å². The minimum atomic E-state index is 0.738. The molecule has 0 aromatic heterocycles. The molecule has 0 fully saturated rings. The van der Waals surface area contributed by atoms with Crippen LogP contribution in [-0.4, -0.2) is 26.4 Å². The van der Waals surface area contributed by atoms with E-state index < -0.39 is 0 Å². The molecule has 0 saturated carbocycles. The SMILES string of the molecule is NCCCCCOCCCOc1ccc2c(c1)CCC2. The third kappa shape index (κ3) is 5.14. The van der Waals surface area contributed by atoms with Crippen LogP contribution in [0.15, 0.2) is 18.2 Å². The Morgan fingerprint density at radius 1 is 0.900 bits per heavy atom. The second kappa shape index (κ2) is 8.98. The minimum Gasteiger partial charge on any atom is -0.493 e. The number of benzene rings is 1. The Balaban J connectivity index is 1.51. The quantitative estimate of drug-likeness (QED) is 0.668. The maximum absolute atomic E-state index is 5.78. The molecule has 2 N–H and O–H groups in total. The molecule has 1 aromatic rings. The summed E-state index contributed by atoms with van der Waals surface area (Å²) < 4.78 is 11.4. The van der Waals surface area contributed by atoms with E-state index in [-0.39, 0.29) is 0 Å². The highest BCUT2D eigenvalue weighted by Crippen LogP contribution is 2.25. The summed E-state index contributed by atoms with van der Waals surface area (Å²) in [5, 5.41) is 0. The number of hydrogen-bond donors (Lipinski definition) is 1. The molecule has 0 amide bonds. The van der Waals surface area contributed by atoms with E-state index in [9.17, 15) is 0 Å². The second-order valence-electron chi connectivity index (χ2n) is 5.45. The average molecular weight is 277 g/mol. The minimum absolute atomic E-state index is 0.738. The van der Waals surface area contributed by atoms with E-state index in [1.165, 1.54) is 36.8 Å². The number of nitrogens with two attached hydrogens (primary N) is 1. The van der Waals surface area contributed by atoms with Crippen molar-refractivity contribution >= 4 is 0 Å². The van der Waals surface area contributed by atoms with Crippen molar-refractivity contribution in [1.82, 2.24) is 0 Å². The molecule has 112 valence electrons. The Labute approximate surface area is 122 Å². The van der Waals surface area contributed by atoms with Crippen molar-refractivity contribution in [3.8, 4) is 5.75 Å². The van der Waals surface area contributed by atoms with Gasteiger partial charge in [0.15, 0.2) is 0 Å². The van der Waals surface area contributed by atoms with Crippen LogP contribution in [0, 0.1) is 0 Å². The van der Waals surface area contributed by atoms with Crippen molar-refractivity contribution in [3.63, 3.8) is 0 Å². The molecule has 20 heavy (non-hydrogen) atoms. The summed E-state index contributed by atoms with van der Waals surface area (Å²) in [5.74, 6) is 1.01. The molecule has 0 saturated heterocycles. The van der Waals surface area contributed by atoms with Crippen LogP contribution in [0.25, 0.3) is 0 Å². The highest BCUT2D eigenvalue weighted by atomic mass is 16.5. The number of fused-ring (bicyclic) bond motifs is 1. The first kappa shape index (κ1) is 15.3. The summed E-state index contributed by atoms with van der Waals surface area (Å²) in [6.07, 6.45) is 8.06. The van der Waals surface area contributed by atoms with Gasteiger partial charge in [-0.05, 0) is 68.3 Å². The smallest absolute Gasteiger partial charge is 0.119 e. The topological polar surface area (TPSA) is 44.5 Å². The lowest BCUT2D eigenvalue weighted by Crippen LogP contribution is -2.05. The van der Waals surface area contributed by atoms with Gasteiger partial charge in [0.25, 0.3) is 0 Å². The van der Waals surface area contributed by atoms with E-state index in [0.29, 0.717) is 0 Å². The predicted molar refractivity (Wildman–Crippen MR) is 82.3 cm³/mol. The Morgan fingerprint density at radius 2 is 1.75 bits per heavy atom. The normalized spacial score (nSPS) is 13.4. The molecular weight excluding hydrogens is 250 g/mol. The first-order chi connectivity index (χ1) is 9.90. The monoisotopic (exact) mass is 277 g/mol. The average Bonchev–Trinajstić information content (AvgIpc) is 2.93. The summed E-state index contributed by atoms with van der Waals surface area (Å²) >= 11 is 0. The highest BCUT2D eigenvalue weighted by molar-refractivity contribution is 5.38. The molecule has 0 heterocycles. The first-order valence-corrected chi connectivity index (χ1v) is 7.92. The zero-order chi connectivity index (χ0) is 14.0. The van der Waals surface area contributed by atoms with E-state index >= 15 is 0 Å². The Hall–Kier alpha value is -1.06. The van der Waals surface area contributed by atoms with Crippen LogP contribution in [0.4, 0.5) is 0 Å². The van der Waals surface area contributed by atoms with E-state index in [2.05, 4.69) is 18.2 Å². The molecule has 3 nitrogen and oxygen atoms in total. The number of hydrogen-bond acceptors (Lipinski definition) is 3. The zero-order valence-corrected chi connectivity index (χ0v) is 12.4. The fourth-order valence-electron chi connectivity index (χ4n) is 2.62. The van der Waals surface area contributed by atoms with Gasteiger partial charge >= 0.3 is 0 Å². The van der Waals surface area contributed by atoms with Gasteiger partial charge in [-0.15, -0.1) is 0 Å². The third-order valence-electron chi connectivity index (χ3n) is 3.76. The number of aryl methyl sites for hydroxylation is 2. The van der Waals surface area contributed by atoms with Crippen LogP contribution in [0.1, 0.15) is 43.2 Å². The Morgan fingerprint density at radius 3 is 2.65 bits per heavy atom. The summed E-state index contributed by atoms with van der Waals surface area (Å²) in [5.41, 5.74) is 8.41. The lowest BCUT2D eigenvalue weighted by atomic mass is 10.1. The van der Waals surface area contributed by atoms with Crippen LogP contribution in [-0.2, 0) is 17.6 Å². The number of unbranched alkanes of at least 4 members (excludes halogenated alkanes) is 2. The molecule has 0 bridgehead atoms. The maximum Gasteiger partial charge on any atom is 0.119 e. The lowest BCUT2D eigenvalue weighted by molar-refractivity contribution is 0.116. The maximum atomic E-state index is 5.78. The fourth-order valence-corrected chi connectivity index (χ4v) is 2.62. The van der Waals surface area contributed by atoms with Gasteiger partial charge in [-0.3, -0.25) is 0 Å². The summed E-state index contributed by atoms with van der Waals surface area (Å²) in [4.78, 5) is 0. The molecule has 0 radical (unpaired) electrons. The molecule has 2 rings (SSSR count). The van der Waals surface area contributed by atoms with Crippen molar-refractivity contribution in [2.75, 3.05) is 26.4 Å². The molecule has 0 aliphatic heterocycles. The van der Waals surface area contributed by atoms with Gasteiger partial charge in [0, 0.05) is 19.6 Å². The standard InChI is InChI=1S/C17H27NO2/c18-10-2-1-3-11-19-12-5-13-20-17-9-8-15-6-4-7-16(15)14-17/h8-9,14H,1-7,10-13,18H2. The van der Waals surface area contributed by atoms with E-state index in [1.54, 1.807) is 0 Å². The third-order valence-corrected chi connectivity index (χ3v) is 3.76. The number of ether oxygens (including phenoxy) is 2. The van der Waals surface area contributed by atoms with Crippen molar-refractivity contribution in [2.45, 2.75) is 44.9 Å².